The first kappa shape index (κ1) is 16.8. The molecular formula is C14H24N2O3S. The Balaban J connectivity index is 3.04. The van der Waals surface area contributed by atoms with E-state index in [1.54, 1.807) is 31.4 Å². The monoisotopic (exact) mass is 300 g/mol. The van der Waals surface area contributed by atoms with Gasteiger partial charge in [-0.15, -0.1) is 0 Å². The zero-order valence-electron chi connectivity index (χ0n) is 12.2. The molecule has 1 aromatic rings. The Hall–Kier alpha value is -1.27. The molecule has 114 valence electrons. The Bertz CT molecular complexity index is 503. The number of rotatable bonds is 9. The van der Waals surface area contributed by atoms with Gasteiger partial charge in [-0.1, -0.05) is 19.4 Å². The van der Waals surface area contributed by atoms with E-state index in [2.05, 4.69) is 0 Å². The third kappa shape index (κ3) is 4.68. The molecule has 2 N–H and O–H groups in total. The molecule has 0 saturated heterocycles. The SMILES string of the molecule is CCCCS(=O)(=O)N(CCCN)c1cccc(OC)c1. The summed E-state index contributed by atoms with van der Waals surface area (Å²) >= 11 is 0. The lowest BCUT2D eigenvalue weighted by atomic mass is 10.3. The summed E-state index contributed by atoms with van der Waals surface area (Å²) in [6.07, 6.45) is 2.13. The molecule has 0 saturated carbocycles. The van der Waals surface area contributed by atoms with Crippen molar-refractivity contribution in [3.05, 3.63) is 24.3 Å². The first-order chi connectivity index (χ1) is 9.55. The summed E-state index contributed by atoms with van der Waals surface area (Å²) in [4.78, 5) is 0. The lowest BCUT2D eigenvalue weighted by Crippen LogP contribution is -2.34. The Kier molecular flexibility index (Phi) is 6.81. The zero-order valence-corrected chi connectivity index (χ0v) is 13.0. The highest BCUT2D eigenvalue weighted by Gasteiger charge is 2.21. The fraction of sp³-hybridized carbons (Fsp3) is 0.571. The maximum absolute atomic E-state index is 12.4. The van der Waals surface area contributed by atoms with Gasteiger partial charge in [0.1, 0.15) is 5.75 Å². The number of benzene rings is 1. The summed E-state index contributed by atoms with van der Waals surface area (Å²) < 4.78 is 31.5. The second-order valence-electron chi connectivity index (χ2n) is 4.59. The normalized spacial score (nSPS) is 11.3. The number of nitrogens with zero attached hydrogens (tertiary/aromatic N) is 1. The van der Waals surface area contributed by atoms with Crippen LogP contribution < -0.4 is 14.8 Å². The van der Waals surface area contributed by atoms with Crippen LogP contribution in [0.1, 0.15) is 26.2 Å². The standard InChI is InChI=1S/C14H24N2O3S/c1-3-4-11-20(17,18)16(10-6-9-15)13-7-5-8-14(12-13)19-2/h5,7-8,12H,3-4,6,9-11,15H2,1-2H3. The van der Waals surface area contributed by atoms with E-state index >= 15 is 0 Å². The first-order valence-electron chi connectivity index (χ1n) is 6.89. The topological polar surface area (TPSA) is 72.6 Å². The van der Waals surface area contributed by atoms with Crippen molar-refractivity contribution >= 4 is 15.7 Å². The van der Waals surface area contributed by atoms with Gasteiger partial charge in [-0.2, -0.15) is 0 Å². The van der Waals surface area contributed by atoms with Crippen molar-refractivity contribution < 1.29 is 13.2 Å². The third-order valence-electron chi connectivity index (χ3n) is 3.00. The molecule has 20 heavy (non-hydrogen) atoms. The molecule has 0 aliphatic heterocycles. The van der Waals surface area contributed by atoms with Gasteiger partial charge in [-0.3, -0.25) is 4.31 Å². The summed E-state index contributed by atoms with van der Waals surface area (Å²) in [5.74, 6) is 0.802. The molecule has 0 fully saturated rings. The number of hydrogen-bond donors (Lipinski definition) is 1. The van der Waals surface area contributed by atoms with Gasteiger partial charge in [0.05, 0.1) is 18.6 Å². The van der Waals surface area contributed by atoms with Gasteiger partial charge in [0.2, 0.25) is 10.0 Å². The summed E-state index contributed by atoms with van der Waals surface area (Å²) in [5.41, 5.74) is 6.14. The van der Waals surface area contributed by atoms with Crippen LogP contribution in [0.4, 0.5) is 5.69 Å². The molecule has 0 spiro atoms. The van der Waals surface area contributed by atoms with Crippen LogP contribution in [0.25, 0.3) is 0 Å². The van der Waals surface area contributed by atoms with Crippen LogP contribution in [-0.4, -0.2) is 34.4 Å². The molecule has 0 aliphatic rings. The average Bonchev–Trinajstić information content (AvgIpc) is 2.45. The molecular weight excluding hydrogens is 276 g/mol. The van der Waals surface area contributed by atoms with Gasteiger partial charge in [-0.25, -0.2) is 8.42 Å². The van der Waals surface area contributed by atoms with E-state index in [0.29, 0.717) is 37.4 Å². The molecule has 0 aromatic heterocycles. The van der Waals surface area contributed by atoms with E-state index in [0.717, 1.165) is 6.42 Å². The lowest BCUT2D eigenvalue weighted by Gasteiger charge is -2.24. The molecule has 0 unspecified atom stereocenters. The van der Waals surface area contributed by atoms with E-state index < -0.39 is 10.0 Å². The highest BCUT2D eigenvalue weighted by molar-refractivity contribution is 7.92. The smallest absolute Gasteiger partial charge is 0.235 e. The van der Waals surface area contributed by atoms with E-state index in [1.165, 1.54) is 4.31 Å². The van der Waals surface area contributed by atoms with Gasteiger partial charge >= 0.3 is 0 Å². The summed E-state index contributed by atoms with van der Waals surface area (Å²) in [6.45, 7) is 2.84. The van der Waals surface area contributed by atoms with Gasteiger partial charge in [-0.05, 0) is 31.5 Å². The van der Waals surface area contributed by atoms with Crippen molar-refractivity contribution in [2.45, 2.75) is 26.2 Å². The molecule has 0 bridgehead atoms. The molecule has 0 heterocycles. The second kappa shape index (κ2) is 8.11. The summed E-state index contributed by atoms with van der Waals surface area (Å²) in [5, 5.41) is 0. The minimum Gasteiger partial charge on any atom is -0.497 e. The zero-order chi connectivity index (χ0) is 15.0. The number of methoxy groups -OCH3 is 1. The number of anilines is 1. The van der Waals surface area contributed by atoms with Gasteiger partial charge in [0.25, 0.3) is 0 Å². The average molecular weight is 300 g/mol. The van der Waals surface area contributed by atoms with E-state index in [1.807, 2.05) is 6.92 Å². The number of unbranched alkanes of at least 4 members (excludes halogenated alkanes) is 1. The fourth-order valence-corrected chi connectivity index (χ4v) is 3.58. The highest BCUT2D eigenvalue weighted by Crippen LogP contribution is 2.24. The maximum Gasteiger partial charge on any atom is 0.235 e. The third-order valence-corrected chi connectivity index (χ3v) is 4.87. The summed E-state index contributed by atoms with van der Waals surface area (Å²) in [6, 6.07) is 7.10. The van der Waals surface area contributed by atoms with Gasteiger partial charge in [0.15, 0.2) is 0 Å². The lowest BCUT2D eigenvalue weighted by molar-refractivity contribution is 0.415. The van der Waals surface area contributed by atoms with Crippen molar-refractivity contribution in [1.29, 1.82) is 0 Å². The van der Waals surface area contributed by atoms with Crippen LogP contribution in [0, 0.1) is 0 Å². The van der Waals surface area contributed by atoms with Crippen LogP contribution in [0.5, 0.6) is 5.75 Å². The quantitative estimate of drug-likeness (QED) is 0.757. The van der Waals surface area contributed by atoms with E-state index in [-0.39, 0.29) is 5.75 Å². The van der Waals surface area contributed by atoms with E-state index in [9.17, 15) is 8.42 Å². The molecule has 0 amide bonds. The number of sulfonamides is 1. The molecule has 5 nitrogen and oxygen atoms in total. The first-order valence-corrected chi connectivity index (χ1v) is 8.50. The molecule has 0 atom stereocenters. The largest absolute Gasteiger partial charge is 0.497 e. The van der Waals surface area contributed by atoms with Gasteiger partial charge in [0, 0.05) is 12.6 Å². The van der Waals surface area contributed by atoms with Crippen molar-refractivity contribution in [1.82, 2.24) is 0 Å². The maximum atomic E-state index is 12.4. The molecule has 1 aromatic carbocycles. The Morgan fingerprint density at radius 2 is 2.05 bits per heavy atom. The molecule has 0 radical (unpaired) electrons. The van der Waals surface area contributed by atoms with Crippen LogP contribution in [0.3, 0.4) is 0 Å². The van der Waals surface area contributed by atoms with Crippen LogP contribution >= 0.6 is 0 Å². The van der Waals surface area contributed by atoms with E-state index in [4.69, 9.17) is 10.5 Å². The Morgan fingerprint density at radius 1 is 1.30 bits per heavy atom. The van der Waals surface area contributed by atoms with Crippen LogP contribution in [0.2, 0.25) is 0 Å². The van der Waals surface area contributed by atoms with Crippen LogP contribution in [-0.2, 0) is 10.0 Å². The van der Waals surface area contributed by atoms with Gasteiger partial charge < -0.3 is 10.5 Å². The molecule has 0 aliphatic carbocycles. The number of hydrogen-bond acceptors (Lipinski definition) is 4. The minimum absolute atomic E-state index is 0.158. The van der Waals surface area contributed by atoms with Crippen molar-refractivity contribution in [3.8, 4) is 5.75 Å². The van der Waals surface area contributed by atoms with Crippen molar-refractivity contribution in [2.24, 2.45) is 5.73 Å². The fourth-order valence-electron chi connectivity index (χ4n) is 1.87. The molecule has 6 heteroatoms. The summed E-state index contributed by atoms with van der Waals surface area (Å²) in [7, 11) is -1.75. The molecule has 1 rings (SSSR count). The predicted molar refractivity (Wildman–Crippen MR) is 82.7 cm³/mol. The predicted octanol–water partition coefficient (Wildman–Crippen LogP) is 1.98. The Labute approximate surface area is 121 Å². The van der Waals surface area contributed by atoms with Crippen molar-refractivity contribution in [2.75, 3.05) is 30.3 Å². The number of ether oxygens (including phenoxy) is 1. The van der Waals surface area contributed by atoms with Crippen molar-refractivity contribution in [3.63, 3.8) is 0 Å². The minimum atomic E-state index is -3.31. The second-order valence-corrected chi connectivity index (χ2v) is 6.60. The van der Waals surface area contributed by atoms with Crippen LogP contribution in [0.15, 0.2) is 24.3 Å². The highest BCUT2D eigenvalue weighted by atomic mass is 32.2. The number of nitrogens with two attached hydrogens (primary N) is 1. The Morgan fingerprint density at radius 3 is 2.65 bits per heavy atom.